The second kappa shape index (κ2) is 6.25. The number of pyridine rings is 2. The Labute approximate surface area is 174 Å². The van der Waals surface area contributed by atoms with Crippen molar-refractivity contribution in [2.24, 2.45) is 0 Å². The van der Waals surface area contributed by atoms with E-state index in [1.807, 2.05) is 25.1 Å². The van der Waals surface area contributed by atoms with Crippen LogP contribution in [-0.2, 0) is 0 Å². The number of fused-ring (bicyclic) bond motifs is 2. The van der Waals surface area contributed by atoms with Crippen LogP contribution in [0.4, 0.5) is 0 Å². The normalized spacial score (nSPS) is 20.3. The molecule has 6 rings (SSSR count). The van der Waals surface area contributed by atoms with Gasteiger partial charge in [0.05, 0.1) is 16.7 Å². The van der Waals surface area contributed by atoms with Gasteiger partial charge in [0.1, 0.15) is 11.3 Å². The number of nitrogens with zero attached hydrogens (tertiary/aromatic N) is 3. The molecule has 4 aromatic rings. The topological polar surface area (TPSA) is 84.1 Å². The lowest BCUT2D eigenvalue weighted by molar-refractivity contribution is 0.342. The van der Waals surface area contributed by atoms with Gasteiger partial charge in [-0.3, -0.25) is 4.98 Å². The zero-order valence-electron chi connectivity index (χ0n) is 17.2. The summed E-state index contributed by atoms with van der Waals surface area (Å²) in [6, 6.07) is 9.92. The molecule has 0 amide bonds. The third kappa shape index (κ3) is 2.78. The molecule has 0 radical (unpaired) electrons. The van der Waals surface area contributed by atoms with Gasteiger partial charge in [-0.05, 0) is 69.5 Å². The van der Waals surface area contributed by atoms with Gasteiger partial charge in [-0.1, -0.05) is 0 Å². The van der Waals surface area contributed by atoms with Gasteiger partial charge in [0.2, 0.25) is 0 Å². The number of piperidine rings is 1. The third-order valence-electron chi connectivity index (χ3n) is 6.74. The van der Waals surface area contributed by atoms with E-state index in [2.05, 4.69) is 22.4 Å². The number of benzene rings is 1. The van der Waals surface area contributed by atoms with E-state index in [1.165, 1.54) is 25.0 Å². The van der Waals surface area contributed by atoms with Crippen LogP contribution in [0.5, 0.6) is 5.75 Å². The Morgan fingerprint density at radius 3 is 2.70 bits per heavy atom. The lowest BCUT2D eigenvalue weighted by Crippen LogP contribution is -2.39. The molecular weight excluding hydrogens is 376 g/mol. The van der Waals surface area contributed by atoms with E-state index in [4.69, 9.17) is 14.4 Å². The van der Waals surface area contributed by atoms with Crippen molar-refractivity contribution in [1.82, 2.24) is 20.3 Å². The van der Waals surface area contributed by atoms with Crippen LogP contribution < -0.4 is 5.32 Å². The van der Waals surface area contributed by atoms with Gasteiger partial charge in [-0.25, -0.2) is 9.97 Å². The number of aryl methyl sites for hydroxylation is 2. The lowest BCUT2D eigenvalue weighted by Gasteiger charge is -2.30. The minimum atomic E-state index is 0.191. The van der Waals surface area contributed by atoms with Crippen LogP contribution in [0.15, 0.2) is 34.7 Å². The molecule has 1 saturated heterocycles. The number of hydrogen-bond donors (Lipinski definition) is 2. The van der Waals surface area contributed by atoms with Crippen molar-refractivity contribution in [2.75, 3.05) is 6.54 Å². The molecule has 1 saturated carbocycles. The molecule has 1 aliphatic carbocycles. The highest BCUT2D eigenvalue weighted by Gasteiger charge is 2.46. The fourth-order valence-electron chi connectivity index (χ4n) is 4.86. The van der Waals surface area contributed by atoms with E-state index in [0.717, 1.165) is 24.0 Å². The monoisotopic (exact) mass is 400 g/mol. The lowest BCUT2D eigenvalue weighted by atomic mass is 9.88. The van der Waals surface area contributed by atoms with Crippen molar-refractivity contribution in [3.63, 3.8) is 0 Å². The Morgan fingerprint density at radius 2 is 1.87 bits per heavy atom. The Morgan fingerprint density at radius 1 is 1.07 bits per heavy atom. The summed E-state index contributed by atoms with van der Waals surface area (Å²) in [5.41, 5.74) is 6.68. The standard InChI is InChI=1S/C24H24N4O2/c1-13-22-21(30-14(2)26-22)11-16(23(13)29)18-4-6-19-20(28-18)5-3-17(27-19)15-7-10-25-24(12-15)8-9-24/h3-6,11,15,25,29H,7-10,12H2,1-2H3/t15-/m1/s1. The molecule has 2 fully saturated rings. The maximum Gasteiger partial charge on any atom is 0.192 e. The number of nitrogens with one attached hydrogen (secondary N) is 1. The summed E-state index contributed by atoms with van der Waals surface area (Å²) in [5.74, 6) is 1.29. The van der Waals surface area contributed by atoms with E-state index < -0.39 is 0 Å². The highest BCUT2D eigenvalue weighted by Crippen LogP contribution is 2.46. The number of rotatable bonds is 2. The van der Waals surface area contributed by atoms with Crippen molar-refractivity contribution < 1.29 is 9.52 Å². The van der Waals surface area contributed by atoms with Gasteiger partial charge in [0.15, 0.2) is 11.5 Å². The zero-order valence-corrected chi connectivity index (χ0v) is 17.2. The number of phenols is 1. The molecule has 2 N–H and O–H groups in total. The molecule has 1 spiro atoms. The molecule has 152 valence electrons. The summed E-state index contributed by atoms with van der Waals surface area (Å²) in [4.78, 5) is 14.1. The SMILES string of the molecule is Cc1nc2c(C)c(O)c(-c3ccc4nc([C@@H]5CCNC6(CC6)C5)ccc4n3)cc2o1. The molecule has 0 bridgehead atoms. The summed E-state index contributed by atoms with van der Waals surface area (Å²) < 4.78 is 5.69. The summed E-state index contributed by atoms with van der Waals surface area (Å²) in [5, 5.41) is 14.4. The molecular formula is C24H24N4O2. The number of aromatic hydroxyl groups is 1. The van der Waals surface area contributed by atoms with Crippen LogP contribution in [0.3, 0.4) is 0 Å². The van der Waals surface area contributed by atoms with Crippen LogP contribution in [-0.4, -0.2) is 32.1 Å². The molecule has 1 atom stereocenters. The predicted octanol–water partition coefficient (Wildman–Crippen LogP) is 4.76. The predicted molar refractivity (Wildman–Crippen MR) is 116 cm³/mol. The number of aromatic nitrogens is 3. The molecule has 1 aliphatic heterocycles. The summed E-state index contributed by atoms with van der Waals surface area (Å²) >= 11 is 0. The third-order valence-corrected chi connectivity index (χ3v) is 6.74. The first-order valence-electron chi connectivity index (χ1n) is 10.6. The van der Waals surface area contributed by atoms with Crippen LogP contribution >= 0.6 is 0 Å². The Kier molecular flexibility index (Phi) is 3.72. The summed E-state index contributed by atoms with van der Waals surface area (Å²) in [6.45, 7) is 4.73. The van der Waals surface area contributed by atoms with Crippen LogP contribution in [0, 0.1) is 13.8 Å². The first-order valence-corrected chi connectivity index (χ1v) is 10.6. The second-order valence-corrected chi connectivity index (χ2v) is 8.85. The Bertz CT molecular complexity index is 1310. The van der Waals surface area contributed by atoms with Crippen molar-refractivity contribution in [2.45, 2.75) is 51.0 Å². The molecule has 6 heteroatoms. The van der Waals surface area contributed by atoms with E-state index in [9.17, 15) is 5.11 Å². The van der Waals surface area contributed by atoms with Gasteiger partial charge in [0.25, 0.3) is 0 Å². The smallest absolute Gasteiger partial charge is 0.192 e. The van der Waals surface area contributed by atoms with Crippen molar-refractivity contribution >= 4 is 22.1 Å². The van der Waals surface area contributed by atoms with E-state index in [0.29, 0.717) is 45.3 Å². The average molecular weight is 400 g/mol. The minimum absolute atomic E-state index is 0.191. The van der Waals surface area contributed by atoms with Crippen molar-refractivity contribution in [1.29, 1.82) is 0 Å². The van der Waals surface area contributed by atoms with E-state index in [1.54, 1.807) is 6.92 Å². The Balaban J connectivity index is 1.39. The first-order chi connectivity index (χ1) is 14.5. The molecule has 3 aromatic heterocycles. The fraction of sp³-hybridized carbons (Fsp3) is 0.375. The minimum Gasteiger partial charge on any atom is -0.507 e. The zero-order chi connectivity index (χ0) is 20.5. The molecule has 1 aromatic carbocycles. The molecule has 30 heavy (non-hydrogen) atoms. The van der Waals surface area contributed by atoms with Gasteiger partial charge in [-0.2, -0.15) is 0 Å². The summed E-state index contributed by atoms with van der Waals surface area (Å²) in [7, 11) is 0. The van der Waals surface area contributed by atoms with Gasteiger partial charge >= 0.3 is 0 Å². The van der Waals surface area contributed by atoms with Crippen molar-refractivity contribution in [3.05, 3.63) is 47.5 Å². The molecule has 0 unspecified atom stereocenters. The van der Waals surface area contributed by atoms with Crippen LogP contribution in [0.2, 0.25) is 0 Å². The van der Waals surface area contributed by atoms with Gasteiger partial charge < -0.3 is 14.8 Å². The van der Waals surface area contributed by atoms with E-state index in [-0.39, 0.29) is 5.75 Å². The maximum atomic E-state index is 10.8. The quantitative estimate of drug-likeness (QED) is 0.505. The molecule has 6 nitrogen and oxygen atoms in total. The Hall–Kier alpha value is -2.99. The number of hydrogen-bond acceptors (Lipinski definition) is 6. The van der Waals surface area contributed by atoms with Crippen LogP contribution in [0.1, 0.15) is 48.7 Å². The molecule has 4 heterocycles. The second-order valence-electron chi connectivity index (χ2n) is 8.85. The van der Waals surface area contributed by atoms with Crippen LogP contribution in [0.25, 0.3) is 33.4 Å². The highest BCUT2D eigenvalue weighted by atomic mass is 16.3. The first kappa shape index (κ1) is 17.8. The van der Waals surface area contributed by atoms with E-state index >= 15 is 0 Å². The fourth-order valence-corrected chi connectivity index (χ4v) is 4.86. The van der Waals surface area contributed by atoms with Crippen molar-refractivity contribution in [3.8, 4) is 17.0 Å². The molecule has 2 aliphatic rings. The van der Waals surface area contributed by atoms with Gasteiger partial charge in [0, 0.05) is 35.2 Å². The number of oxazole rings is 1. The largest absolute Gasteiger partial charge is 0.507 e. The number of phenolic OH excluding ortho intramolecular Hbond substituents is 1. The van der Waals surface area contributed by atoms with Gasteiger partial charge in [-0.15, -0.1) is 0 Å². The average Bonchev–Trinajstić information content (AvgIpc) is 3.38. The highest BCUT2D eigenvalue weighted by molar-refractivity contribution is 5.89. The summed E-state index contributed by atoms with van der Waals surface area (Å²) in [6.07, 6.45) is 4.90. The maximum absolute atomic E-state index is 10.8.